The summed E-state index contributed by atoms with van der Waals surface area (Å²) in [6.07, 6.45) is -4.98. The molecule has 1 amide bonds. The number of ether oxygens (including phenoxy) is 3. The molecule has 2 aliphatic carbocycles. The summed E-state index contributed by atoms with van der Waals surface area (Å²) in [7, 11) is -3.22. The van der Waals surface area contributed by atoms with Crippen LogP contribution in [0.25, 0.3) is 11.0 Å². The minimum atomic E-state index is -4.69. The monoisotopic (exact) mass is 766 g/mol. The van der Waals surface area contributed by atoms with Crippen LogP contribution in [0.2, 0.25) is 25.7 Å². The molecule has 2 aliphatic rings. The number of alkyl halides is 5. The van der Waals surface area contributed by atoms with Gasteiger partial charge in [0.05, 0.1) is 51.5 Å². The predicted molar refractivity (Wildman–Crippen MR) is 190 cm³/mol. The smallest absolute Gasteiger partial charge is 0.378 e. The van der Waals surface area contributed by atoms with Crippen LogP contribution in [0.4, 0.5) is 22.0 Å². The van der Waals surface area contributed by atoms with Gasteiger partial charge in [-0.05, 0) is 84.0 Å². The van der Waals surface area contributed by atoms with Gasteiger partial charge in [-0.3, -0.25) is 4.79 Å². The van der Waals surface area contributed by atoms with Crippen molar-refractivity contribution in [1.82, 2.24) is 14.3 Å². The van der Waals surface area contributed by atoms with E-state index < -0.39 is 90.2 Å². The van der Waals surface area contributed by atoms with Crippen molar-refractivity contribution in [3.8, 4) is 0 Å². The van der Waals surface area contributed by atoms with Crippen LogP contribution < -0.4 is 10.5 Å². The summed E-state index contributed by atoms with van der Waals surface area (Å²) in [5.41, 5.74) is 4.94. The van der Waals surface area contributed by atoms with E-state index in [-0.39, 0.29) is 25.3 Å². The molecular formula is C35H55F5N4O5SSi. The Hall–Kier alpha value is -1.98. The number of nitrogens with one attached hydrogen (secondary N) is 1. The lowest BCUT2D eigenvalue weighted by molar-refractivity contribution is -0.277. The van der Waals surface area contributed by atoms with E-state index in [4.69, 9.17) is 24.9 Å². The maximum absolute atomic E-state index is 14.0. The van der Waals surface area contributed by atoms with E-state index in [1.807, 2.05) is 0 Å². The third-order valence-electron chi connectivity index (χ3n) is 9.58. The molecule has 51 heavy (non-hydrogen) atoms. The number of aromatic nitrogens is 2. The number of nitrogens with zero attached hydrogens (tertiary/aromatic N) is 2. The molecule has 0 spiro atoms. The fourth-order valence-corrected chi connectivity index (χ4v) is 7.79. The molecule has 0 saturated heterocycles. The van der Waals surface area contributed by atoms with Crippen LogP contribution in [0.15, 0.2) is 18.2 Å². The highest BCUT2D eigenvalue weighted by atomic mass is 32.2. The number of benzene rings is 1. The summed E-state index contributed by atoms with van der Waals surface area (Å²) in [6, 6.07) is 5.07. The molecule has 1 aromatic carbocycles. The Balaban J connectivity index is 1.82. The van der Waals surface area contributed by atoms with E-state index in [0.717, 1.165) is 32.7 Å². The summed E-state index contributed by atoms with van der Waals surface area (Å²) in [5.74, 6) is -5.46. The van der Waals surface area contributed by atoms with Crippen molar-refractivity contribution in [1.29, 1.82) is 0 Å². The SMILES string of the molecule is C[C@@H](OC(C)(C)C(F)(F)F)[C@H](N[S@](=O)C(C)(C)C)c1nc2cc([C@@H](COC3CC3)C(C(N)=O)C3CC(F)(F)C3)ccc2n1COCC[Si](C)(C)C. The number of carbonyl (C=O) groups excluding carboxylic acids is 1. The molecule has 1 heterocycles. The first-order valence-electron chi connectivity index (χ1n) is 17.6. The minimum Gasteiger partial charge on any atom is -0.378 e. The van der Waals surface area contributed by atoms with Crippen molar-refractivity contribution in [3.05, 3.63) is 29.6 Å². The zero-order valence-corrected chi connectivity index (χ0v) is 33.0. The number of carbonyl (C=O) groups is 1. The van der Waals surface area contributed by atoms with Crippen LogP contribution in [0.3, 0.4) is 0 Å². The zero-order chi connectivity index (χ0) is 38.3. The summed E-state index contributed by atoms with van der Waals surface area (Å²) in [6.45, 7) is 15.8. The highest BCUT2D eigenvalue weighted by Gasteiger charge is 2.53. The van der Waals surface area contributed by atoms with Gasteiger partial charge in [-0.15, -0.1) is 0 Å². The minimum absolute atomic E-state index is 0.000659. The Labute approximate surface area is 301 Å². The maximum atomic E-state index is 14.0. The second kappa shape index (κ2) is 15.4. The molecule has 290 valence electrons. The van der Waals surface area contributed by atoms with Gasteiger partial charge in [-0.1, -0.05) is 25.7 Å². The first-order chi connectivity index (χ1) is 23.3. The van der Waals surface area contributed by atoms with E-state index in [0.29, 0.717) is 23.2 Å². The van der Waals surface area contributed by atoms with Gasteiger partial charge < -0.3 is 24.5 Å². The van der Waals surface area contributed by atoms with Gasteiger partial charge in [0.15, 0.2) is 5.60 Å². The normalized spacial score (nSPS) is 20.5. The fraction of sp³-hybridized carbons (Fsp3) is 0.771. The van der Waals surface area contributed by atoms with Crippen molar-refractivity contribution in [3.63, 3.8) is 0 Å². The molecule has 5 atom stereocenters. The second-order valence-electron chi connectivity index (χ2n) is 16.9. The highest BCUT2D eigenvalue weighted by Crippen LogP contribution is 2.50. The van der Waals surface area contributed by atoms with E-state index in [2.05, 4.69) is 24.4 Å². The topological polar surface area (TPSA) is 118 Å². The Morgan fingerprint density at radius 1 is 1.14 bits per heavy atom. The zero-order valence-electron chi connectivity index (χ0n) is 31.2. The van der Waals surface area contributed by atoms with Gasteiger partial charge in [0.2, 0.25) is 11.8 Å². The molecule has 0 radical (unpaired) electrons. The summed E-state index contributed by atoms with van der Waals surface area (Å²) >= 11 is 0. The van der Waals surface area contributed by atoms with Crippen molar-refractivity contribution in [2.24, 2.45) is 17.6 Å². The number of amides is 1. The highest BCUT2D eigenvalue weighted by molar-refractivity contribution is 7.84. The van der Waals surface area contributed by atoms with Crippen molar-refractivity contribution >= 4 is 36.0 Å². The summed E-state index contributed by atoms with van der Waals surface area (Å²) in [4.78, 5) is 17.8. The van der Waals surface area contributed by atoms with E-state index >= 15 is 0 Å². The number of primary amides is 1. The number of rotatable bonds is 18. The third-order valence-corrected chi connectivity index (χ3v) is 12.9. The number of imidazole rings is 1. The second-order valence-corrected chi connectivity index (χ2v) is 24.5. The van der Waals surface area contributed by atoms with Crippen LogP contribution in [0, 0.1) is 11.8 Å². The average Bonchev–Trinajstić information content (AvgIpc) is 3.72. The molecule has 2 saturated carbocycles. The van der Waals surface area contributed by atoms with Gasteiger partial charge >= 0.3 is 6.18 Å². The Kier molecular flexibility index (Phi) is 12.6. The van der Waals surface area contributed by atoms with Crippen LogP contribution in [-0.2, 0) is 36.7 Å². The van der Waals surface area contributed by atoms with Gasteiger partial charge in [-0.2, -0.15) is 13.2 Å². The van der Waals surface area contributed by atoms with Crippen LogP contribution in [-0.4, -0.2) is 75.6 Å². The number of hydrogen-bond acceptors (Lipinski definition) is 6. The van der Waals surface area contributed by atoms with Gasteiger partial charge in [-0.25, -0.2) is 22.7 Å². The lowest BCUT2D eigenvalue weighted by atomic mass is 9.67. The van der Waals surface area contributed by atoms with Crippen molar-refractivity contribution in [2.45, 2.75) is 146 Å². The van der Waals surface area contributed by atoms with E-state index in [9.17, 15) is 31.0 Å². The van der Waals surface area contributed by atoms with Gasteiger partial charge in [0.1, 0.15) is 18.6 Å². The molecular weight excluding hydrogens is 712 g/mol. The lowest BCUT2D eigenvalue weighted by Crippen LogP contribution is -2.48. The Morgan fingerprint density at radius 2 is 1.76 bits per heavy atom. The summed E-state index contributed by atoms with van der Waals surface area (Å²) < 4.78 is 105. The number of halogens is 5. The molecule has 2 fully saturated rings. The molecule has 1 unspecified atom stereocenters. The molecule has 4 rings (SSSR count). The number of hydrogen-bond donors (Lipinski definition) is 2. The number of fused-ring (bicyclic) bond motifs is 1. The standard InChI is InChI=1S/C35H55F5N4O5SSi/c1-21(49-33(5,6)35(38,39)40)29(43-50(46)32(2,3)4)31-42-26-16-22(10-13-27(26)44(31)20-47-14-15-51(7,8)9)25(19-48-24-11-12-24)28(30(41)45)23-17-34(36,37)18-23/h10,13,16,21,23-25,28-29,43H,11-12,14-15,17-20H2,1-9H3,(H2,41,45)/t21-,25-,28?,29+,50-/m1/s1. The predicted octanol–water partition coefficient (Wildman–Crippen LogP) is 7.60. The van der Waals surface area contributed by atoms with Crippen LogP contribution in [0.1, 0.15) is 90.6 Å². The quantitative estimate of drug-likeness (QED) is 0.0918. The number of nitrogens with two attached hydrogens (primary N) is 1. The molecule has 16 heteroatoms. The first kappa shape index (κ1) is 41.8. The van der Waals surface area contributed by atoms with Crippen LogP contribution in [0.5, 0.6) is 0 Å². The largest absolute Gasteiger partial charge is 0.416 e. The Bertz CT molecular complexity index is 1550. The fourth-order valence-electron chi connectivity index (χ4n) is 6.16. The lowest BCUT2D eigenvalue weighted by Gasteiger charge is -2.41. The van der Waals surface area contributed by atoms with Gasteiger partial charge in [0.25, 0.3) is 0 Å². The van der Waals surface area contributed by atoms with Crippen molar-refractivity contribution in [2.75, 3.05) is 13.2 Å². The van der Waals surface area contributed by atoms with Crippen LogP contribution >= 0.6 is 0 Å². The molecule has 2 aromatic rings. The molecule has 0 bridgehead atoms. The van der Waals surface area contributed by atoms with E-state index in [1.54, 1.807) is 43.5 Å². The molecule has 1 aromatic heterocycles. The molecule has 0 aliphatic heterocycles. The molecule has 3 N–H and O–H groups in total. The Morgan fingerprint density at radius 3 is 2.27 bits per heavy atom. The average molecular weight is 767 g/mol. The maximum Gasteiger partial charge on any atom is 0.416 e. The first-order valence-corrected chi connectivity index (χ1v) is 22.4. The van der Waals surface area contributed by atoms with Crippen molar-refractivity contribution < 1.29 is 45.2 Å². The molecule has 9 nitrogen and oxygen atoms in total. The third kappa shape index (κ3) is 10.8. The summed E-state index contributed by atoms with van der Waals surface area (Å²) in [5, 5.41) is 0. The van der Waals surface area contributed by atoms with Gasteiger partial charge in [0, 0.05) is 33.4 Å². The van der Waals surface area contributed by atoms with E-state index in [1.165, 1.54) is 6.92 Å².